The highest BCUT2D eigenvalue weighted by molar-refractivity contribution is 5.89. The Morgan fingerprint density at radius 3 is 2.40 bits per heavy atom. The van der Waals surface area contributed by atoms with Gasteiger partial charge in [-0.15, -0.1) is 0 Å². The minimum absolute atomic E-state index is 0.0176. The third-order valence-corrected chi connectivity index (χ3v) is 3.79. The van der Waals surface area contributed by atoms with Gasteiger partial charge in [-0.3, -0.25) is 4.90 Å². The van der Waals surface area contributed by atoms with Crippen molar-refractivity contribution in [1.29, 1.82) is 0 Å². The molecular formula is C16H25N3O. The summed E-state index contributed by atoms with van der Waals surface area (Å²) in [6.07, 6.45) is 2.48. The minimum Gasteiger partial charge on any atom is -0.322 e. The zero-order valence-electron chi connectivity index (χ0n) is 12.6. The van der Waals surface area contributed by atoms with E-state index in [9.17, 15) is 4.79 Å². The van der Waals surface area contributed by atoms with E-state index in [2.05, 4.69) is 17.1 Å². The number of rotatable bonds is 4. The second kappa shape index (κ2) is 7.29. The van der Waals surface area contributed by atoms with Gasteiger partial charge in [-0.1, -0.05) is 31.0 Å². The molecule has 1 saturated heterocycles. The van der Waals surface area contributed by atoms with E-state index in [1.165, 1.54) is 18.4 Å². The average Bonchev–Trinajstić information content (AvgIpc) is 2.48. The number of benzene rings is 1. The lowest BCUT2D eigenvalue weighted by Crippen LogP contribution is -2.50. The van der Waals surface area contributed by atoms with Crippen molar-refractivity contribution in [2.24, 2.45) is 0 Å². The maximum atomic E-state index is 12.2. The summed E-state index contributed by atoms with van der Waals surface area (Å²) in [5.41, 5.74) is 2.07. The van der Waals surface area contributed by atoms with E-state index in [4.69, 9.17) is 0 Å². The lowest BCUT2D eigenvalue weighted by molar-refractivity contribution is 0.146. The van der Waals surface area contributed by atoms with Gasteiger partial charge < -0.3 is 10.2 Å². The molecule has 4 nitrogen and oxygen atoms in total. The molecule has 0 aliphatic carbocycles. The molecule has 1 aliphatic rings. The van der Waals surface area contributed by atoms with Crippen LogP contribution in [0.25, 0.3) is 0 Å². The van der Waals surface area contributed by atoms with Gasteiger partial charge in [-0.25, -0.2) is 4.79 Å². The van der Waals surface area contributed by atoms with Crippen LogP contribution in [0.3, 0.4) is 0 Å². The summed E-state index contributed by atoms with van der Waals surface area (Å²) in [4.78, 5) is 16.5. The summed E-state index contributed by atoms with van der Waals surface area (Å²) >= 11 is 0. The zero-order chi connectivity index (χ0) is 14.4. The summed E-state index contributed by atoms with van der Waals surface area (Å²) in [6, 6.07) is 7.94. The number of urea groups is 1. The summed E-state index contributed by atoms with van der Waals surface area (Å²) in [5, 5.41) is 2.97. The molecule has 1 aromatic carbocycles. The summed E-state index contributed by atoms with van der Waals surface area (Å²) in [6.45, 7) is 9.03. The van der Waals surface area contributed by atoms with Crippen LogP contribution in [0.4, 0.5) is 10.5 Å². The smallest absolute Gasteiger partial charge is 0.321 e. The molecular weight excluding hydrogens is 250 g/mol. The van der Waals surface area contributed by atoms with Crippen molar-refractivity contribution in [3.8, 4) is 0 Å². The van der Waals surface area contributed by atoms with Crippen LogP contribution in [-0.4, -0.2) is 48.6 Å². The third-order valence-electron chi connectivity index (χ3n) is 3.79. The topological polar surface area (TPSA) is 35.6 Å². The molecule has 0 unspecified atom stereocenters. The molecule has 1 aromatic rings. The van der Waals surface area contributed by atoms with E-state index in [1.807, 2.05) is 36.1 Å². The molecule has 0 aromatic heterocycles. The Kier molecular flexibility index (Phi) is 5.41. The molecule has 0 radical (unpaired) electrons. The van der Waals surface area contributed by atoms with Crippen molar-refractivity contribution in [3.05, 3.63) is 29.8 Å². The van der Waals surface area contributed by atoms with E-state index in [0.717, 1.165) is 38.4 Å². The van der Waals surface area contributed by atoms with E-state index in [-0.39, 0.29) is 6.03 Å². The van der Waals surface area contributed by atoms with Crippen molar-refractivity contribution >= 4 is 11.7 Å². The van der Waals surface area contributed by atoms with Crippen molar-refractivity contribution in [2.75, 3.05) is 38.0 Å². The first-order valence-electron chi connectivity index (χ1n) is 7.54. The first kappa shape index (κ1) is 14.9. The van der Waals surface area contributed by atoms with Crippen molar-refractivity contribution in [1.82, 2.24) is 9.80 Å². The molecule has 110 valence electrons. The number of hydrogen-bond acceptors (Lipinski definition) is 2. The van der Waals surface area contributed by atoms with E-state index >= 15 is 0 Å². The molecule has 1 N–H and O–H groups in total. The number of aryl methyl sites for hydroxylation is 1. The van der Waals surface area contributed by atoms with Crippen LogP contribution in [0.5, 0.6) is 0 Å². The number of nitrogens with one attached hydrogen (secondary N) is 1. The molecule has 2 rings (SSSR count). The largest absolute Gasteiger partial charge is 0.322 e. The molecule has 0 saturated carbocycles. The number of hydrogen-bond donors (Lipinski definition) is 1. The average molecular weight is 275 g/mol. The molecule has 1 fully saturated rings. The Morgan fingerprint density at radius 2 is 1.80 bits per heavy atom. The maximum absolute atomic E-state index is 12.2. The summed E-state index contributed by atoms with van der Waals surface area (Å²) < 4.78 is 0. The van der Waals surface area contributed by atoms with Crippen molar-refractivity contribution < 1.29 is 4.79 Å². The predicted octanol–water partition coefficient (Wildman–Crippen LogP) is 2.94. The fourth-order valence-electron chi connectivity index (χ4n) is 2.40. The second-order valence-electron chi connectivity index (χ2n) is 5.48. The highest BCUT2D eigenvalue weighted by Crippen LogP contribution is 2.11. The quantitative estimate of drug-likeness (QED) is 0.917. The van der Waals surface area contributed by atoms with Gasteiger partial charge in [0.2, 0.25) is 0 Å². The van der Waals surface area contributed by atoms with E-state index in [1.54, 1.807) is 0 Å². The lowest BCUT2D eigenvalue weighted by Gasteiger charge is -2.34. The first-order valence-corrected chi connectivity index (χ1v) is 7.54. The Bertz CT molecular complexity index is 422. The number of nitrogens with zero attached hydrogens (tertiary/aromatic N) is 2. The number of carbonyl (C=O) groups is 1. The van der Waals surface area contributed by atoms with Crippen molar-refractivity contribution in [2.45, 2.75) is 26.7 Å². The fourth-order valence-corrected chi connectivity index (χ4v) is 2.40. The Balaban J connectivity index is 1.78. The molecule has 4 heteroatoms. The van der Waals surface area contributed by atoms with E-state index in [0.29, 0.717) is 0 Å². The minimum atomic E-state index is 0.0176. The fraction of sp³-hybridized carbons (Fsp3) is 0.562. The number of anilines is 1. The van der Waals surface area contributed by atoms with Crippen LogP contribution < -0.4 is 5.32 Å². The SMILES string of the molecule is CCCCN1CCN(C(=O)Nc2ccc(C)cc2)CC1. The molecule has 1 aliphatic heterocycles. The second-order valence-corrected chi connectivity index (χ2v) is 5.48. The summed E-state index contributed by atoms with van der Waals surface area (Å²) in [5.74, 6) is 0. The molecule has 1 heterocycles. The molecule has 0 atom stereocenters. The monoisotopic (exact) mass is 275 g/mol. The van der Waals surface area contributed by atoms with Crippen molar-refractivity contribution in [3.63, 3.8) is 0 Å². The van der Waals surface area contributed by atoms with Gasteiger partial charge in [0.1, 0.15) is 0 Å². The highest BCUT2D eigenvalue weighted by Gasteiger charge is 2.20. The van der Waals surface area contributed by atoms with Gasteiger partial charge in [0, 0.05) is 31.9 Å². The van der Waals surface area contributed by atoms with Crippen LogP contribution in [-0.2, 0) is 0 Å². The number of carbonyl (C=O) groups excluding carboxylic acids is 1. The van der Waals surface area contributed by atoms with Crippen LogP contribution >= 0.6 is 0 Å². The molecule has 0 bridgehead atoms. The maximum Gasteiger partial charge on any atom is 0.321 e. The van der Waals surface area contributed by atoms with Gasteiger partial charge in [-0.2, -0.15) is 0 Å². The summed E-state index contributed by atoms with van der Waals surface area (Å²) in [7, 11) is 0. The van der Waals surface area contributed by atoms with E-state index < -0.39 is 0 Å². The van der Waals surface area contributed by atoms with Gasteiger partial charge in [0.05, 0.1) is 0 Å². The Labute approximate surface area is 121 Å². The lowest BCUT2D eigenvalue weighted by atomic mass is 10.2. The van der Waals surface area contributed by atoms with Crippen LogP contribution in [0, 0.1) is 6.92 Å². The molecule has 2 amide bonds. The first-order chi connectivity index (χ1) is 9.69. The Hall–Kier alpha value is -1.55. The molecule has 0 spiro atoms. The van der Waals surface area contributed by atoms with Gasteiger partial charge >= 0.3 is 6.03 Å². The van der Waals surface area contributed by atoms with Gasteiger partial charge in [0.15, 0.2) is 0 Å². The predicted molar refractivity (Wildman–Crippen MR) is 83.1 cm³/mol. The Morgan fingerprint density at radius 1 is 1.15 bits per heavy atom. The highest BCUT2D eigenvalue weighted by atomic mass is 16.2. The van der Waals surface area contributed by atoms with Crippen LogP contribution in [0.2, 0.25) is 0 Å². The standard InChI is InChI=1S/C16H25N3O/c1-3-4-9-18-10-12-19(13-11-18)16(20)17-15-7-5-14(2)6-8-15/h5-8H,3-4,9-13H2,1-2H3,(H,17,20). The van der Waals surface area contributed by atoms with Crippen LogP contribution in [0.1, 0.15) is 25.3 Å². The van der Waals surface area contributed by atoms with Gasteiger partial charge in [0.25, 0.3) is 0 Å². The van der Waals surface area contributed by atoms with Gasteiger partial charge in [-0.05, 0) is 32.0 Å². The zero-order valence-corrected chi connectivity index (χ0v) is 12.6. The normalized spacial score (nSPS) is 16.2. The third kappa shape index (κ3) is 4.23. The van der Waals surface area contributed by atoms with Crippen LogP contribution in [0.15, 0.2) is 24.3 Å². The number of piperazine rings is 1. The number of unbranched alkanes of at least 4 members (excludes halogenated alkanes) is 1. The number of amides is 2. The molecule has 20 heavy (non-hydrogen) atoms.